The minimum absolute atomic E-state index is 0.0286. The Balaban J connectivity index is 1.49. The van der Waals surface area contributed by atoms with Crippen molar-refractivity contribution in [2.45, 2.75) is 44.7 Å². The maximum atomic E-state index is 12.6. The number of hydrogen-bond donors (Lipinski definition) is 0. The summed E-state index contributed by atoms with van der Waals surface area (Å²) in [6.07, 6.45) is 3.23. The van der Waals surface area contributed by atoms with Crippen LogP contribution in [0.4, 0.5) is 10.5 Å². The second-order valence-electron chi connectivity index (χ2n) is 8.56. The molecule has 6 heteroatoms. The quantitative estimate of drug-likeness (QED) is 0.784. The minimum atomic E-state index is -0.307. The first-order chi connectivity index (χ1) is 13.9. The minimum Gasteiger partial charge on any atom is -0.410 e. The predicted molar refractivity (Wildman–Crippen MR) is 112 cm³/mol. The Morgan fingerprint density at radius 1 is 1.28 bits per heavy atom. The molecule has 1 aromatic heterocycles. The summed E-state index contributed by atoms with van der Waals surface area (Å²) in [4.78, 5) is 21.1. The lowest BCUT2D eigenvalue weighted by Gasteiger charge is -2.30. The number of nitrogens with zero attached hydrogens (tertiary/aromatic N) is 3. The van der Waals surface area contributed by atoms with Crippen LogP contribution < -0.4 is 9.64 Å². The summed E-state index contributed by atoms with van der Waals surface area (Å²) < 4.78 is 11.1. The average molecular weight is 396 g/mol. The van der Waals surface area contributed by atoms with Crippen molar-refractivity contribution in [2.75, 3.05) is 31.7 Å². The number of fused-ring (bicyclic) bond motifs is 1. The van der Waals surface area contributed by atoms with Crippen LogP contribution in [0.25, 0.3) is 0 Å². The van der Waals surface area contributed by atoms with Gasteiger partial charge in [-0.3, -0.25) is 4.98 Å². The Hall–Kier alpha value is -2.60. The van der Waals surface area contributed by atoms with Crippen LogP contribution in [0.5, 0.6) is 5.75 Å². The predicted octanol–water partition coefficient (Wildman–Crippen LogP) is 3.99. The summed E-state index contributed by atoms with van der Waals surface area (Å²) in [7, 11) is 1.81. The standard InChI is InChI=1S/C23H29N3O3/c1-23(2)16-26(15-17-6-4-5-11-24-17)21-8-7-19(14-20(21)23)29-22(27)25(3)18-9-12-28-13-10-18/h4-8,11,14,18H,9-10,12-13,15-16H2,1-3H3. The van der Waals surface area contributed by atoms with E-state index in [9.17, 15) is 4.79 Å². The Bertz CT molecular complexity index is 863. The number of amides is 1. The molecule has 0 radical (unpaired) electrons. The monoisotopic (exact) mass is 395 g/mol. The van der Waals surface area contributed by atoms with Crippen LogP contribution in [0, 0.1) is 0 Å². The Morgan fingerprint density at radius 3 is 2.79 bits per heavy atom. The number of anilines is 1. The molecule has 0 spiro atoms. The normalized spacial score (nSPS) is 18.4. The summed E-state index contributed by atoms with van der Waals surface area (Å²) in [5.41, 5.74) is 3.40. The van der Waals surface area contributed by atoms with Gasteiger partial charge in [-0.1, -0.05) is 19.9 Å². The van der Waals surface area contributed by atoms with E-state index in [0.717, 1.165) is 31.6 Å². The van der Waals surface area contributed by atoms with Gasteiger partial charge in [-0.2, -0.15) is 0 Å². The number of carbonyl (C=O) groups is 1. The van der Waals surface area contributed by atoms with E-state index in [-0.39, 0.29) is 17.6 Å². The highest BCUT2D eigenvalue weighted by Crippen LogP contribution is 2.42. The molecule has 3 heterocycles. The van der Waals surface area contributed by atoms with Crippen molar-refractivity contribution < 1.29 is 14.3 Å². The van der Waals surface area contributed by atoms with Gasteiger partial charge in [-0.25, -0.2) is 4.79 Å². The van der Waals surface area contributed by atoms with Crippen molar-refractivity contribution in [3.05, 3.63) is 53.9 Å². The molecular weight excluding hydrogens is 366 g/mol. The Morgan fingerprint density at radius 2 is 2.07 bits per heavy atom. The lowest BCUT2D eigenvalue weighted by Crippen LogP contribution is -2.42. The van der Waals surface area contributed by atoms with E-state index in [0.29, 0.717) is 19.0 Å². The number of ether oxygens (including phenoxy) is 2. The molecule has 1 amide bonds. The van der Waals surface area contributed by atoms with Crippen LogP contribution in [0.2, 0.25) is 0 Å². The topological polar surface area (TPSA) is 54.9 Å². The molecule has 2 aliphatic heterocycles. The summed E-state index contributed by atoms with van der Waals surface area (Å²) in [6, 6.07) is 12.1. The smallest absolute Gasteiger partial charge is 0.410 e. The third-order valence-corrected chi connectivity index (χ3v) is 5.93. The van der Waals surface area contributed by atoms with E-state index < -0.39 is 0 Å². The van der Waals surface area contributed by atoms with E-state index >= 15 is 0 Å². The van der Waals surface area contributed by atoms with Crippen LogP contribution in [-0.2, 0) is 16.7 Å². The van der Waals surface area contributed by atoms with Crippen LogP contribution in [0.1, 0.15) is 37.9 Å². The van der Waals surface area contributed by atoms with Gasteiger partial charge in [0, 0.05) is 50.1 Å². The average Bonchev–Trinajstić information content (AvgIpc) is 2.98. The summed E-state index contributed by atoms with van der Waals surface area (Å²) in [5, 5.41) is 0. The van der Waals surface area contributed by atoms with E-state index in [2.05, 4.69) is 29.8 Å². The molecule has 4 rings (SSSR count). The highest BCUT2D eigenvalue weighted by atomic mass is 16.6. The molecule has 1 saturated heterocycles. The lowest BCUT2D eigenvalue weighted by atomic mass is 9.87. The Kier molecular flexibility index (Phi) is 5.46. The van der Waals surface area contributed by atoms with Gasteiger partial charge in [0.15, 0.2) is 0 Å². The van der Waals surface area contributed by atoms with Gasteiger partial charge in [-0.15, -0.1) is 0 Å². The molecule has 2 aromatic rings. The number of aromatic nitrogens is 1. The van der Waals surface area contributed by atoms with Crippen molar-refractivity contribution in [1.82, 2.24) is 9.88 Å². The highest BCUT2D eigenvalue weighted by molar-refractivity contribution is 5.72. The lowest BCUT2D eigenvalue weighted by molar-refractivity contribution is 0.0454. The zero-order chi connectivity index (χ0) is 20.4. The maximum absolute atomic E-state index is 12.6. The molecule has 0 aliphatic carbocycles. The van der Waals surface area contributed by atoms with Gasteiger partial charge >= 0.3 is 6.09 Å². The largest absolute Gasteiger partial charge is 0.415 e. The summed E-state index contributed by atoms with van der Waals surface area (Å²) in [6.45, 7) is 7.51. The zero-order valence-electron chi connectivity index (χ0n) is 17.4. The number of carbonyl (C=O) groups excluding carboxylic acids is 1. The van der Waals surface area contributed by atoms with Crippen molar-refractivity contribution in [1.29, 1.82) is 0 Å². The second-order valence-corrected chi connectivity index (χ2v) is 8.56. The SMILES string of the molecule is CN(C(=O)Oc1ccc2c(c1)C(C)(C)CN2Cc1ccccn1)C1CCOCC1. The third kappa shape index (κ3) is 4.22. The van der Waals surface area contributed by atoms with E-state index in [1.807, 2.05) is 43.6 Å². The highest BCUT2D eigenvalue weighted by Gasteiger charge is 2.36. The van der Waals surface area contributed by atoms with E-state index in [1.165, 1.54) is 11.3 Å². The molecule has 0 bridgehead atoms. The van der Waals surface area contributed by atoms with Crippen LogP contribution in [-0.4, -0.2) is 48.8 Å². The van der Waals surface area contributed by atoms with Crippen molar-refractivity contribution in [3.63, 3.8) is 0 Å². The maximum Gasteiger partial charge on any atom is 0.415 e. The summed E-state index contributed by atoms with van der Waals surface area (Å²) in [5.74, 6) is 0.598. The number of pyridine rings is 1. The fourth-order valence-electron chi connectivity index (χ4n) is 4.27. The molecule has 0 unspecified atom stereocenters. The summed E-state index contributed by atoms with van der Waals surface area (Å²) >= 11 is 0. The molecule has 1 aromatic carbocycles. The molecule has 29 heavy (non-hydrogen) atoms. The number of benzene rings is 1. The molecule has 0 N–H and O–H groups in total. The van der Waals surface area contributed by atoms with Gasteiger partial charge < -0.3 is 19.3 Å². The fourth-order valence-corrected chi connectivity index (χ4v) is 4.27. The molecule has 1 fully saturated rings. The molecule has 2 aliphatic rings. The molecular formula is C23H29N3O3. The molecule has 6 nitrogen and oxygen atoms in total. The van der Waals surface area contributed by atoms with Crippen molar-refractivity contribution in [2.24, 2.45) is 0 Å². The van der Waals surface area contributed by atoms with Gasteiger partial charge in [0.2, 0.25) is 0 Å². The Labute approximate surface area is 172 Å². The van der Waals surface area contributed by atoms with Crippen molar-refractivity contribution in [3.8, 4) is 5.75 Å². The van der Waals surface area contributed by atoms with E-state index in [1.54, 1.807) is 4.90 Å². The zero-order valence-corrected chi connectivity index (χ0v) is 17.4. The van der Waals surface area contributed by atoms with Crippen LogP contribution in [0.15, 0.2) is 42.6 Å². The van der Waals surface area contributed by atoms with Gasteiger partial charge in [0.05, 0.1) is 12.2 Å². The number of rotatable bonds is 4. The van der Waals surface area contributed by atoms with Gasteiger partial charge in [0.25, 0.3) is 0 Å². The van der Waals surface area contributed by atoms with Crippen molar-refractivity contribution >= 4 is 11.8 Å². The molecule has 0 saturated carbocycles. The third-order valence-electron chi connectivity index (χ3n) is 5.93. The first-order valence-corrected chi connectivity index (χ1v) is 10.3. The fraction of sp³-hybridized carbons (Fsp3) is 0.478. The van der Waals surface area contributed by atoms with E-state index in [4.69, 9.17) is 9.47 Å². The first-order valence-electron chi connectivity index (χ1n) is 10.3. The second kappa shape index (κ2) is 8.03. The van der Waals surface area contributed by atoms with Gasteiger partial charge in [-0.05, 0) is 48.7 Å². The molecule has 0 atom stereocenters. The van der Waals surface area contributed by atoms with Gasteiger partial charge in [0.1, 0.15) is 5.75 Å². The first kappa shape index (κ1) is 19.7. The molecule has 154 valence electrons. The number of hydrogen-bond acceptors (Lipinski definition) is 5. The van der Waals surface area contributed by atoms with Crippen LogP contribution >= 0.6 is 0 Å². The van der Waals surface area contributed by atoms with Crippen LogP contribution in [0.3, 0.4) is 0 Å².